The van der Waals surface area contributed by atoms with Gasteiger partial charge in [0, 0.05) is 27.6 Å². The molecule has 0 saturated heterocycles. The van der Waals surface area contributed by atoms with Crippen molar-refractivity contribution in [2.45, 2.75) is 25.0 Å². The van der Waals surface area contributed by atoms with Crippen LogP contribution in [0.25, 0.3) is 0 Å². The number of methoxy groups -OCH3 is 2. The number of halogens is 3. The predicted octanol–water partition coefficient (Wildman–Crippen LogP) is 8.09. The van der Waals surface area contributed by atoms with Crippen molar-refractivity contribution >= 4 is 50.5 Å². The molecule has 1 N–H and O–H groups in total. The molecule has 1 aliphatic carbocycles. The van der Waals surface area contributed by atoms with Gasteiger partial charge in [-0.3, -0.25) is 10.1 Å². The molecule has 0 fully saturated rings. The Kier molecular flexibility index (Phi) is 7.25. The van der Waals surface area contributed by atoms with Crippen molar-refractivity contribution in [1.29, 1.82) is 0 Å². The van der Waals surface area contributed by atoms with Gasteiger partial charge in [-0.15, -0.1) is 0 Å². The lowest BCUT2D eigenvalue weighted by Crippen LogP contribution is -2.29. The summed E-state index contributed by atoms with van der Waals surface area (Å²) in [6, 6.07) is 12.3. The second-order valence-electron chi connectivity index (χ2n) is 8.90. The van der Waals surface area contributed by atoms with Gasteiger partial charge in [-0.2, -0.15) is 0 Å². The summed E-state index contributed by atoms with van der Waals surface area (Å²) in [6.45, 7) is 0.240. The number of hydrogen-bond donors (Lipinski definition) is 1. The molecule has 192 valence electrons. The van der Waals surface area contributed by atoms with Crippen LogP contribution in [-0.4, -0.2) is 19.1 Å². The summed E-state index contributed by atoms with van der Waals surface area (Å²) in [6.07, 6.45) is 5.09. The van der Waals surface area contributed by atoms with Crippen molar-refractivity contribution < 1.29 is 19.1 Å². The predicted molar refractivity (Wildman–Crippen MR) is 147 cm³/mol. The van der Waals surface area contributed by atoms with Crippen LogP contribution in [0.3, 0.4) is 0 Å². The molecule has 0 spiro atoms. The first kappa shape index (κ1) is 25.7. The van der Waals surface area contributed by atoms with Gasteiger partial charge >= 0.3 is 0 Å². The number of nitrogens with one attached hydrogen (secondary N) is 1. The molecule has 5 rings (SSSR count). The van der Waals surface area contributed by atoms with Gasteiger partial charge in [-0.25, -0.2) is 0 Å². The molecule has 2 aliphatic rings. The quantitative estimate of drug-likeness (QED) is 0.166. The van der Waals surface area contributed by atoms with Crippen LogP contribution in [0.1, 0.15) is 35.1 Å². The maximum absolute atomic E-state index is 11.5. The fourth-order valence-corrected chi connectivity index (χ4v) is 6.13. The molecular formula is C27H23BrCl2N2O5. The highest BCUT2D eigenvalue weighted by atomic mass is 79.9. The van der Waals surface area contributed by atoms with Gasteiger partial charge in [0.15, 0.2) is 11.5 Å². The average molecular weight is 606 g/mol. The van der Waals surface area contributed by atoms with Crippen LogP contribution in [0.5, 0.6) is 17.2 Å². The molecule has 0 radical (unpaired) electrons. The van der Waals surface area contributed by atoms with E-state index in [-0.39, 0.29) is 35.1 Å². The van der Waals surface area contributed by atoms with Crippen molar-refractivity contribution in [2.24, 2.45) is 5.92 Å². The normalized spacial score (nSPS) is 19.5. The number of ether oxygens (including phenoxy) is 3. The summed E-state index contributed by atoms with van der Waals surface area (Å²) in [5.74, 6) is 1.75. The van der Waals surface area contributed by atoms with E-state index >= 15 is 0 Å². The highest BCUT2D eigenvalue weighted by Crippen LogP contribution is 2.54. The minimum atomic E-state index is -0.388. The third-order valence-electron chi connectivity index (χ3n) is 6.85. The minimum Gasteiger partial charge on any atom is -0.494 e. The van der Waals surface area contributed by atoms with E-state index in [0.29, 0.717) is 27.3 Å². The molecule has 1 heterocycles. The molecular weight excluding hydrogens is 583 g/mol. The number of rotatable bonds is 7. The van der Waals surface area contributed by atoms with Gasteiger partial charge in [0.25, 0.3) is 5.69 Å². The molecule has 7 nitrogen and oxygen atoms in total. The zero-order chi connectivity index (χ0) is 26.3. The Morgan fingerprint density at radius 3 is 2.59 bits per heavy atom. The summed E-state index contributed by atoms with van der Waals surface area (Å²) in [7, 11) is 3.12. The summed E-state index contributed by atoms with van der Waals surface area (Å²) >= 11 is 16.0. The molecule has 0 bridgehead atoms. The van der Waals surface area contributed by atoms with Gasteiger partial charge in [-0.05, 0) is 63.7 Å². The number of hydrogen-bond acceptors (Lipinski definition) is 6. The molecule has 0 unspecified atom stereocenters. The summed E-state index contributed by atoms with van der Waals surface area (Å²) < 4.78 is 18.1. The van der Waals surface area contributed by atoms with E-state index in [1.807, 2.05) is 18.2 Å². The number of benzene rings is 3. The number of nitro benzene ring substituents is 1. The van der Waals surface area contributed by atoms with Crippen molar-refractivity contribution in [3.8, 4) is 17.2 Å². The van der Waals surface area contributed by atoms with Crippen molar-refractivity contribution in [3.63, 3.8) is 0 Å². The zero-order valence-electron chi connectivity index (χ0n) is 20.0. The molecule has 0 saturated carbocycles. The SMILES string of the molecule is COc1cc([N+](=O)[O-])cc2c1N[C@H](c1cc(Br)c(OCc3ccc(Cl)cc3Cl)c(OC)c1)[C@H]1CC=C[C@H]21. The fourth-order valence-electron chi connectivity index (χ4n) is 5.10. The molecule has 37 heavy (non-hydrogen) atoms. The van der Waals surface area contributed by atoms with Crippen LogP contribution in [0.2, 0.25) is 10.0 Å². The maximum atomic E-state index is 11.5. The number of nitrogens with zero attached hydrogens (tertiary/aromatic N) is 1. The topological polar surface area (TPSA) is 82.9 Å². The van der Waals surface area contributed by atoms with Crippen molar-refractivity contribution in [1.82, 2.24) is 0 Å². The summed E-state index contributed by atoms with van der Waals surface area (Å²) in [4.78, 5) is 11.1. The highest BCUT2D eigenvalue weighted by Gasteiger charge is 2.40. The molecule has 1 aliphatic heterocycles. The highest BCUT2D eigenvalue weighted by molar-refractivity contribution is 9.10. The average Bonchev–Trinajstić information content (AvgIpc) is 3.37. The van der Waals surface area contributed by atoms with Crippen LogP contribution < -0.4 is 19.5 Å². The van der Waals surface area contributed by atoms with Crippen molar-refractivity contribution in [3.05, 3.63) is 95.9 Å². The lowest BCUT2D eigenvalue weighted by molar-refractivity contribution is -0.385. The lowest BCUT2D eigenvalue weighted by Gasteiger charge is -2.38. The van der Waals surface area contributed by atoms with E-state index in [0.717, 1.165) is 33.3 Å². The number of nitro groups is 1. The number of fused-ring (bicyclic) bond motifs is 3. The van der Waals surface area contributed by atoms with E-state index in [1.165, 1.54) is 13.2 Å². The Bertz CT molecular complexity index is 1410. The van der Waals surface area contributed by atoms with E-state index in [4.69, 9.17) is 37.4 Å². The second kappa shape index (κ2) is 10.4. The van der Waals surface area contributed by atoms with Gasteiger partial charge < -0.3 is 19.5 Å². The van der Waals surface area contributed by atoms with Gasteiger partial charge in [0.05, 0.1) is 41.4 Å². The number of non-ortho nitro benzene ring substituents is 1. The lowest BCUT2D eigenvalue weighted by atomic mass is 9.76. The van der Waals surface area contributed by atoms with Gasteiger partial charge in [-0.1, -0.05) is 41.4 Å². The van der Waals surface area contributed by atoms with Crippen LogP contribution in [-0.2, 0) is 6.61 Å². The largest absolute Gasteiger partial charge is 0.494 e. The Morgan fingerprint density at radius 1 is 1.11 bits per heavy atom. The number of allylic oxidation sites excluding steroid dienone is 2. The molecule has 3 aromatic rings. The first-order valence-corrected chi connectivity index (χ1v) is 13.1. The van der Waals surface area contributed by atoms with E-state index in [1.54, 1.807) is 25.3 Å². The standard InChI is InChI=1S/C27H23BrCl2N2O5/c1-35-23-12-17(32(33)34)11-20-18-4-3-5-19(18)25(31-26(20)23)15-8-21(28)27(24(9-15)36-2)37-13-14-6-7-16(29)10-22(14)30/h3-4,6-12,18-19,25,31H,5,13H2,1-2H3/t18-,19-,25+/m0/s1. The minimum absolute atomic E-state index is 0.0154. The molecule has 0 amide bonds. The van der Waals surface area contributed by atoms with Crippen LogP contribution in [0.4, 0.5) is 11.4 Å². The second-order valence-corrected chi connectivity index (χ2v) is 10.6. The first-order chi connectivity index (χ1) is 17.8. The number of anilines is 1. The van der Waals surface area contributed by atoms with Gasteiger partial charge in [0.2, 0.25) is 0 Å². The van der Waals surface area contributed by atoms with Crippen LogP contribution >= 0.6 is 39.1 Å². The Labute approximate surface area is 232 Å². The maximum Gasteiger partial charge on any atom is 0.273 e. The molecule has 3 atom stereocenters. The Hall–Kier alpha value is -2.94. The smallest absolute Gasteiger partial charge is 0.273 e. The van der Waals surface area contributed by atoms with E-state index in [9.17, 15) is 10.1 Å². The van der Waals surface area contributed by atoms with Crippen molar-refractivity contribution in [2.75, 3.05) is 19.5 Å². The third kappa shape index (κ3) is 4.85. The van der Waals surface area contributed by atoms with E-state index < -0.39 is 0 Å². The molecule has 10 heteroatoms. The summed E-state index contributed by atoms with van der Waals surface area (Å²) in [5.41, 5.74) is 3.44. The monoisotopic (exact) mass is 604 g/mol. The van der Waals surface area contributed by atoms with Crippen LogP contribution in [0, 0.1) is 16.0 Å². The molecule has 0 aromatic heterocycles. The Balaban J connectivity index is 1.49. The summed E-state index contributed by atoms with van der Waals surface area (Å²) in [5, 5.41) is 16.2. The van der Waals surface area contributed by atoms with E-state index in [2.05, 4.69) is 33.4 Å². The first-order valence-electron chi connectivity index (χ1n) is 11.5. The van der Waals surface area contributed by atoms with Crippen LogP contribution in [0.15, 0.2) is 59.1 Å². The third-order valence-corrected chi connectivity index (χ3v) is 8.02. The Morgan fingerprint density at radius 2 is 1.89 bits per heavy atom. The van der Waals surface area contributed by atoms with Gasteiger partial charge in [0.1, 0.15) is 12.4 Å². The zero-order valence-corrected chi connectivity index (χ0v) is 23.1. The molecule has 3 aromatic carbocycles. The fraction of sp³-hybridized carbons (Fsp3) is 0.259.